The van der Waals surface area contributed by atoms with Crippen LogP contribution in [0.25, 0.3) is 0 Å². The summed E-state index contributed by atoms with van der Waals surface area (Å²) in [6, 6.07) is 16.6. The second-order valence-electron chi connectivity index (χ2n) is 4.35. The third kappa shape index (κ3) is 3.74. The van der Waals surface area contributed by atoms with Crippen molar-refractivity contribution in [1.82, 2.24) is 0 Å². The van der Waals surface area contributed by atoms with E-state index in [1.54, 1.807) is 0 Å². The van der Waals surface area contributed by atoms with Crippen LogP contribution in [0.15, 0.2) is 60.7 Å². The smallest absolute Gasteiger partial charge is 0.0105 e. The minimum absolute atomic E-state index is 1.09. The van der Waals surface area contributed by atoms with Crippen LogP contribution in [0.2, 0.25) is 0 Å². The predicted octanol–water partition coefficient (Wildman–Crippen LogP) is 4.42. The Labute approximate surface area is 109 Å². The van der Waals surface area contributed by atoms with Gasteiger partial charge in [-0.05, 0) is 37.1 Å². The van der Waals surface area contributed by atoms with Gasteiger partial charge in [0.25, 0.3) is 0 Å². The molecule has 0 aliphatic carbocycles. The topological polar surface area (TPSA) is 0 Å². The first kappa shape index (κ1) is 12.4. The standard InChI is InChI=1S/C18H16/c1-15-7-11-17(12-8-15)5-3-4-6-18-13-9-16(2)10-14-18/h3-4,7-14H,1-2H3. The fourth-order valence-corrected chi connectivity index (χ4v) is 1.58. The van der Waals surface area contributed by atoms with Gasteiger partial charge in [0, 0.05) is 0 Å². The van der Waals surface area contributed by atoms with Crippen LogP contribution in [-0.2, 0) is 0 Å². The number of hydrogen-bond acceptors (Lipinski definition) is 0. The van der Waals surface area contributed by atoms with E-state index in [4.69, 9.17) is 0 Å². The summed E-state index contributed by atoms with van der Waals surface area (Å²) in [7, 11) is 0. The van der Waals surface area contributed by atoms with Gasteiger partial charge in [0.1, 0.15) is 0 Å². The fourth-order valence-electron chi connectivity index (χ4n) is 1.58. The van der Waals surface area contributed by atoms with Crippen molar-refractivity contribution in [2.75, 3.05) is 0 Å². The first-order chi connectivity index (χ1) is 8.74. The maximum atomic E-state index is 3.21. The number of hydrogen-bond donors (Lipinski definition) is 0. The molecule has 0 aromatic heterocycles. The van der Waals surface area contributed by atoms with Crippen molar-refractivity contribution in [1.29, 1.82) is 0 Å². The van der Waals surface area contributed by atoms with Gasteiger partial charge in [0.05, 0.1) is 0 Å². The summed E-state index contributed by atoms with van der Waals surface area (Å²) < 4.78 is 0. The van der Waals surface area contributed by atoms with Crippen LogP contribution >= 0.6 is 0 Å². The van der Waals surface area contributed by atoms with E-state index in [0.29, 0.717) is 0 Å². The Morgan fingerprint density at radius 2 is 0.944 bits per heavy atom. The van der Waals surface area contributed by atoms with Crippen LogP contribution in [0.5, 0.6) is 0 Å². The third-order valence-electron chi connectivity index (χ3n) is 2.69. The summed E-state index contributed by atoms with van der Waals surface area (Å²) in [4.78, 5) is 0. The van der Waals surface area contributed by atoms with Crippen LogP contribution in [0.3, 0.4) is 0 Å². The molecular formula is C18H16. The van der Waals surface area contributed by atoms with Crippen molar-refractivity contribution >= 4 is 0 Å². The van der Waals surface area contributed by atoms with Gasteiger partial charge >= 0.3 is 0 Å². The van der Waals surface area contributed by atoms with E-state index in [0.717, 1.165) is 11.1 Å². The van der Waals surface area contributed by atoms with Crippen molar-refractivity contribution in [3.8, 4) is 0 Å². The molecule has 2 aromatic carbocycles. The van der Waals surface area contributed by atoms with Gasteiger partial charge in [-0.1, -0.05) is 71.8 Å². The lowest BCUT2D eigenvalue weighted by atomic mass is 10.1. The highest BCUT2D eigenvalue weighted by atomic mass is 13.9. The maximum absolute atomic E-state index is 3.21. The highest BCUT2D eigenvalue weighted by Gasteiger charge is 1.87. The highest BCUT2D eigenvalue weighted by Crippen LogP contribution is 2.05. The Bertz CT molecular complexity index is 486. The monoisotopic (exact) mass is 232 g/mol. The zero-order valence-corrected chi connectivity index (χ0v) is 10.8. The summed E-state index contributed by atoms with van der Waals surface area (Å²) in [5.41, 5.74) is 4.70. The van der Waals surface area contributed by atoms with Crippen molar-refractivity contribution in [3.05, 3.63) is 95.1 Å². The van der Waals surface area contributed by atoms with Gasteiger partial charge < -0.3 is 0 Å². The summed E-state index contributed by atoms with van der Waals surface area (Å²) in [5.74, 6) is 0. The normalized spacial score (nSPS) is 11.4. The summed E-state index contributed by atoms with van der Waals surface area (Å²) in [5, 5.41) is 0. The predicted molar refractivity (Wildman–Crippen MR) is 76.2 cm³/mol. The van der Waals surface area contributed by atoms with Crippen molar-refractivity contribution < 1.29 is 0 Å². The van der Waals surface area contributed by atoms with Gasteiger partial charge in [0.15, 0.2) is 0 Å². The molecule has 2 aromatic rings. The molecule has 0 unspecified atom stereocenters. The number of aryl methyl sites for hydroxylation is 2. The lowest BCUT2D eigenvalue weighted by molar-refractivity contribution is 1.43. The van der Waals surface area contributed by atoms with E-state index in [1.807, 2.05) is 12.2 Å². The van der Waals surface area contributed by atoms with Gasteiger partial charge in [-0.3, -0.25) is 0 Å². The zero-order chi connectivity index (χ0) is 12.8. The van der Waals surface area contributed by atoms with Crippen LogP contribution in [0.1, 0.15) is 22.3 Å². The molecule has 0 fully saturated rings. The molecule has 2 radical (unpaired) electrons. The average Bonchev–Trinajstić information content (AvgIpc) is 2.39. The molecule has 0 aliphatic heterocycles. The van der Waals surface area contributed by atoms with E-state index in [2.05, 4.69) is 74.5 Å². The number of allylic oxidation sites excluding steroid dienone is 2. The van der Waals surface area contributed by atoms with E-state index in [-0.39, 0.29) is 0 Å². The van der Waals surface area contributed by atoms with Gasteiger partial charge in [-0.2, -0.15) is 0 Å². The molecule has 0 nitrogen and oxygen atoms in total. The van der Waals surface area contributed by atoms with Crippen molar-refractivity contribution in [3.63, 3.8) is 0 Å². The molecule has 0 aliphatic rings. The first-order valence-corrected chi connectivity index (χ1v) is 6.05. The second kappa shape index (κ2) is 6.02. The van der Waals surface area contributed by atoms with Crippen LogP contribution in [0, 0.1) is 26.0 Å². The van der Waals surface area contributed by atoms with Gasteiger partial charge in [0.2, 0.25) is 0 Å². The van der Waals surface area contributed by atoms with E-state index in [1.165, 1.54) is 11.1 Å². The van der Waals surface area contributed by atoms with E-state index >= 15 is 0 Å². The fraction of sp³-hybridized carbons (Fsp3) is 0.111. The first-order valence-electron chi connectivity index (χ1n) is 6.05. The Morgan fingerprint density at radius 3 is 1.28 bits per heavy atom. The minimum Gasteiger partial charge on any atom is -0.0587 e. The third-order valence-corrected chi connectivity index (χ3v) is 2.69. The molecule has 0 saturated carbocycles. The lowest BCUT2D eigenvalue weighted by Gasteiger charge is -1.93. The molecule has 18 heavy (non-hydrogen) atoms. The summed E-state index contributed by atoms with van der Waals surface area (Å²) in [6.07, 6.45) is 10.2. The highest BCUT2D eigenvalue weighted by molar-refractivity contribution is 5.30. The molecule has 0 heteroatoms. The quantitative estimate of drug-likeness (QED) is 0.687. The second-order valence-corrected chi connectivity index (χ2v) is 4.35. The summed E-state index contributed by atoms with van der Waals surface area (Å²) >= 11 is 0. The maximum Gasteiger partial charge on any atom is -0.0105 e. The molecule has 0 spiro atoms. The van der Waals surface area contributed by atoms with Gasteiger partial charge in [-0.25, -0.2) is 0 Å². The summed E-state index contributed by atoms with van der Waals surface area (Å²) in [6.45, 7) is 4.16. The van der Waals surface area contributed by atoms with Crippen LogP contribution in [0.4, 0.5) is 0 Å². The van der Waals surface area contributed by atoms with Crippen LogP contribution in [-0.4, -0.2) is 0 Å². The molecule has 2 rings (SSSR count). The molecular weight excluding hydrogens is 216 g/mol. The molecule has 88 valence electrons. The molecule has 0 bridgehead atoms. The molecule has 0 saturated heterocycles. The molecule has 0 heterocycles. The van der Waals surface area contributed by atoms with E-state index in [9.17, 15) is 0 Å². The molecule has 0 atom stereocenters. The van der Waals surface area contributed by atoms with Crippen LogP contribution < -0.4 is 0 Å². The lowest BCUT2D eigenvalue weighted by Crippen LogP contribution is -1.76. The SMILES string of the molecule is Cc1ccc([C]=CC=[C]c2ccc(C)cc2)cc1. The molecule has 0 amide bonds. The van der Waals surface area contributed by atoms with Crippen molar-refractivity contribution in [2.45, 2.75) is 13.8 Å². The number of rotatable bonds is 3. The van der Waals surface area contributed by atoms with E-state index < -0.39 is 0 Å². The minimum atomic E-state index is 1.09. The molecule has 0 N–H and O–H groups in total. The average molecular weight is 232 g/mol. The Hall–Kier alpha value is -2.08. The Balaban J connectivity index is 1.98. The largest absolute Gasteiger partial charge is 0.0587 e. The number of benzene rings is 2. The Morgan fingerprint density at radius 1 is 0.611 bits per heavy atom. The zero-order valence-electron chi connectivity index (χ0n) is 10.8. The Kier molecular flexibility index (Phi) is 4.14. The van der Waals surface area contributed by atoms with Crippen molar-refractivity contribution in [2.24, 2.45) is 0 Å². The van der Waals surface area contributed by atoms with Gasteiger partial charge in [-0.15, -0.1) is 0 Å².